The second-order valence-corrected chi connectivity index (χ2v) is 7.53. The normalized spacial score (nSPS) is 12.8. The number of halogens is 3. The Kier molecular flexibility index (Phi) is 5.68. The second-order valence-electron chi connectivity index (χ2n) is 7.53. The summed E-state index contributed by atoms with van der Waals surface area (Å²) < 4.78 is 40.8. The smallest absolute Gasteiger partial charge is 0.341 e. The molecule has 4 rings (SSSR count). The van der Waals surface area contributed by atoms with Crippen molar-refractivity contribution >= 4 is 16.9 Å². The molecule has 0 unspecified atom stereocenters. The summed E-state index contributed by atoms with van der Waals surface area (Å²) in [7, 11) is 0. The van der Waals surface area contributed by atoms with Gasteiger partial charge in [-0.3, -0.25) is 4.79 Å². The Balaban J connectivity index is 1.50. The minimum Gasteiger partial charge on any atom is -0.341 e. The maximum atomic E-state index is 13.2. The Bertz CT molecular complexity index is 1260. The van der Waals surface area contributed by atoms with E-state index in [0.717, 1.165) is 22.7 Å². The molecule has 4 aromatic rings. The van der Waals surface area contributed by atoms with Crippen LogP contribution in [0.2, 0.25) is 0 Å². The molecule has 0 saturated heterocycles. The Morgan fingerprint density at radius 2 is 2.00 bits per heavy atom. The molecule has 0 radical (unpaired) electrons. The number of carbonyl (C=O) groups is 1. The second kappa shape index (κ2) is 8.45. The zero-order valence-corrected chi connectivity index (χ0v) is 17.4. The number of nitrogens with zero attached hydrogens (tertiary/aromatic N) is 4. The molecule has 32 heavy (non-hydrogen) atoms. The number of H-pyrrole nitrogens is 1. The summed E-state index contributed by atoms with van der Waals surface area (Å²) in [5.74, 6) is 0.136. The van der Waals surface area contributed by atoms with Crippen LogP contribution in [0.15, 0.2) is 48.7 Å². The summed E-state index contributed by atoms with van der Waals surface area (Å²) in [5.41, 5.74) is 2.08. The van der Waals surface area contributed by atoms with Gasteiger partial charge >= 0.3 is 6.18 Å². The Labute approximate surface area is 181 Å². The lowest BCUT2D eigenvalue weighted by Crippen LogP contribution is -2.29. The Hall–Kier alpha value is -3.69. The minimum atomic E-state index is -4.48. The number of nitrogens with one attached hydrogen (secondary N) is 2. The van der Waals surface area contributed by atoms with E-state index < -0.39 is 17.6 Å². The number of aromatic amines is 1. The topological polar surface area (TPSA) is 88.5 Å². The Morgan fingerprint density at radius 3 is 2.75 bits per heavy atom. The molecule has 0 saturated carbocycles. The van der Waals surface area contributed by atoms with Crippen molar-refractivity contribution in [3.63, 3.8) is 0 Å². The molecule has 0 aliphatic carbocycles. The fourth-order valence-electron chi connectivity index (χ4n) is 3.49. The molecule has 0 bridgehead atoms. The summed E-state index contributed by atoms with van der Waals surface area (Å²) in [6, 6.07) is 10.7. The number of benzene rings is 2. The zero-order chi connectivity index (χ0) is 22.9. The van der Waals surface area contributed by atoms with E-state index in [4.69, 9.17) is 0 Å². The van der Waals surface area contributed by atoms with E-state index in [0.29, 0.717) is 12.2 Å². The van der Waals surface area contributed by atoms with Crippen LogP contribution in [-0.2, 0) is 12.7 Å². The van der Waals surface area contributed by atoms with Crippen LogP contribution < -0.4 is 5.32 Å². The molecule has 0 spiro atoms. The van der Waals surface area contributed by atoms with Crippen molar-refractivity contribution in [1.82, 2.24) is 30.3 Å². The van der Waals surface area contributed by atoms with Gasteiger partial charge < -0.3 is 10.3 Å². The predicted molar refractivity (Wildman–Crippen MR) is 112 cm³/mol. The van der Waals surface area contributed by atoms with Gasteiger partial charge in [0, 0.05) is 0 Å². The molecule has 166 valence electrons. The van der Waals surface area contributed by atoms with Gasteiger partial charge in [-0.05, 0) is 42.7 Å². The van der Waals surface area contributed by atoms with E-state index in [1.807, 2.05) is 32.0 Å². The summed E-state index contributed by atoms with van der Waals surface area (Å²) in [4.78, 5) is 20.5. The minimum absolute atomic E-state index is 0.0138. The van der Waals surface area contributed by atoms with Crippen molar-refractivity contribution in [1.29, 1.82) is 0 Å². The summed E-state index contributed by atoms with van der Waals surface area (Å²) in [6.45, 7) is 3.74. The van der Waals surface area contributed by atoms with Crippen LogP contribution in [0.3, 0.4) is 0 Å². The highest BCUT2D eigenvalue weighted by Crippen LogP contribution is 2.32. The molecule has 7 nitrogen and oxygen atoms in total. The van der Waals surface area contributed by atoms with Crippen LogP contribution >= 0.6 is 0 Å². The van der Waals surface area contributed by atoms with Gasteiger partial charge in [0.15, 0.2) is 5.69 Å². The fourth-order valence-corrected chi connectivity index (χ4v) is 3.49. The third-order valence-corrected chi connectivity index (χ3v) is 5.13. The van der Waals surface area contributed by atoms with Crippen molar-refractivity contribution in [2.75, 3.05) is 0 Å². The number of hydrogen-bond acceptors (Lipinski definition) is 4. The van der Waals surface area contributed by atoms with E-state index in [-0.39, 0.29) is 23.8 Å². The molecule has 2 N–H and O–H groups in total. The summed E-state index contributed by atoms with van der Waals surface area (Å²) >= 11 is 0. The molecule has 1 atom stereocenters. The summed E-state index contributed by atoms with van der Waals surface area (Å²) in [6.07, 6.45) is -2.56. The predicted octanol–water partition coefficient (Wildman–Crippen LogP) is 4.41. The number of hydrogen-bond donors (Lipinski definition) is 2. The van der Waals surface area contributed by atoms with Crippen LogP contribution in [0.4, 0.5) is 13.2 Å². The van der Waals surface area contributed by atoms with Gasteiger partial charge in [0.25, 0.3) is 5.91 Å². The number of carbonyl (C=O) groups excluding carboxylic acids is 1. The molecular weight excluding hydrogens is 421 g/mol. The van der Waals surface area contributed by atoms with E-state index in [1.165, 1.54) is 29.1 Å². The molecule has 0 fully saturated rings. The highest BCUT2D eigenvalue weighted by atomic mass is 19.4. The van der Waals surface area contributed by atoms with Crippen molar-refractivity contribution < 1.29 is 18.0 Å². The number of aromatic nitrogens is 5. The summed E-state index contributed by atoms with van der Waals surface area (Å²) in [5, 5.41) is 10.5. The molecule has 10 heteroatoms. The SMILES string of the molecule is CC[C@@H](NC(=O)c1cn(Cc2ccccc2C(F)(F)F)nn1)c1nc2ccc(C)cc2[nH]1. The lowest BCUT2D eigenvalue weighted by atomic mass is 10.1. The first kappa shape index (κ1) is 21.5. The lowest BCUT2D eigenvalue weighted by molar-refractivity contribution is -0.138. The van der Waals surface area contributed by atoms with E-state index >= 15 is 0 Å². The van der Waals surface area contributed by atoms with Crippen LogP contribution in [0.5, 0.6) is 0 Å². The van der Waals surface area contributed by atoms with Crippen molar-refractivity contribution in [2.24, 2.45) is 0 Å². The first-order valence-electron chi connectivity index (χ1n) is 10.1. The molecule has 1 amide bonds. The maximum absolute atomic E-state index is 13.2. The van der Waals surface area contributed by atoms with E-state index in [1.54, 1.807) is 0 Å². The molecule has 2 aromatic heterocycles. The zero-order valence-electron chi connectivity index (χ0n) is 17.4. The quantitative estimate of drug-likeness (QED) is 0.463. The first-order chi connectivity index (χ1) is 15.2. The highest BCUT2D eigenvalue weighted by Gasteiger charge is 2.33. The van der Waals surface area contributed by atoms with Gasteiger partial charge in [0.1, 0.15) is 5.82 Å². The van der Waals surface area contributed by atoms with Crippen LogP contribution in [0.1, 0.15) is 52.4 Å². The van der Waals surface area contributed by atoms with Crippen LogP contribution in [-0.4, -0.2) is 30.9 Å². The first-order valence-corrected chi connectivity index (χ1v) is 10.1. The molecule has 0 aliphatic rings. The standard InChI is InChI=1S/C22H21F3N6O/c1-3-16(20-26-17-9-8-13(2)10-18(17)27-20)28-21(32)19-12-31(30-29-19)11-14-6-4-5-7-15(14)22(23,24)25/h4-10,12,16H,3,11H2,1-2H3,(H,26,27)(H,28,32)/t16-/m1/s1. The third kappa shape index (κ3) is 4.48. The van der Waals surface area contributed by atoms with Gasteiger partial charge in [-0.25, -0.2) is 9.67 Å². The number of rotatable bonds is 6. The van der Waals surface area contributed by atoms with Crippen molar-refractivity contribution in [3.05, 3.63) is 76.9 Å². The van der Waals surface area contributed by atoms with E-state index in [2.05, 4.69) is 25.6 Å². The highest BCUT2D eigenvalue weighted by molar-refractivity contribution is 5.92. The largest absolute Gasteiger partial charge is 0.416 e. The molecule has 0 aliphatic heterocycles. The molecular formula is C22H21F3N6O. The van der Waals surface area contributed by atoms with Crippen LogP contribution in [0.25, 0.3) is 11.0 Å². The average Bonchev–Trinajstić information content (AvgIpc) is 3.38. The van der Waals surface area contributed by atoms with Gasteiger partial charge in [0.05, 0.1) is 35.4 Å². The number of alkyl halides is 3. The van der Waals surface area contributed by atoms with Crippen LogP contribution in [0, 0.1) is 6.92 Å². The van der Waals surface area contributed by atoms with Crippen molar-refractivity contribution in [3.8, 4) is 0 Å². The molecule has 2 heterocycles. The number of amides is 1. The van der Waals surface area contributed by atoms with Gasteiger partial charge in [0.2, 0.25) is 0 Å². The number of aryl methyl sites for hydroxylation is 1. The lowest BCUT2D eigenvalue weighted by Gasteiger charge is -2.13. The maximum Gasteiger partial charge on any atom is 0.416 e. The van der Waals surface area contributed by atoms with Gasteiger partial charge in [-0.2, -0.15) is 13.2 Å². The Morgan fingerprint density at radius 1 is 1.22 bits per heavy atom. The monoisotopic (exact) mass is 442 g/mol. The number of imidazole rings is 1. The third-order valence-electron chi connectivity index (χ3n) is 5.13. The number of fused-ring (bicyclic) bond motifs is 1. The molecule has 2 aromatic carbocycles. The van der Waals surface area contributed by atoms with Crippen molar-refractivity contribution in [2.45, 2.75) is 39.0 Å². The van der Waals surface area contributed by atoms with Gasteiger partial charge in [-0.15, -0.1) is 5.10 Å². The average molecular weight is 442 g/mol. The van der Waals surface area contributed by atoms with Gasteiger partial charge in [-0.1, -0.05) is 36.4 Å². The fraction of sp³-hybridized carbons (Fsp3) is 0.273. The van der Waals surface area contributed by atoms with E-state index in [9.17, 15) is 18.0 Å².